The lowest BCUT2D eigenvalue weighted by atomic mass is 10.0. The Morgan fingerprint density at radius 2 is 0.809 bits per heavy atom. The third-order valence-electron chi connectivity index (χ3n) is 19.5. The number of halogens is 8. The SMILES string of the molecule is COc1ccc(C)cc1.Cc1c(F)c(F)c(F)c(F)c1F.Cc1ccc(-c2ccccc2)cc1.Cc1ccc(Br)cc1.Cc1ccc(Cl)cc1.Cc1ccc(F)cc1.Cc1ccc([N+](=O)[O-])cc1.Cc1ccc2ccccc2c1.Cc1cccc2c(N(C)C)cccc12.Cc1cccc2ccccc12.Cc1cccc2cccnc12.Cc1cn(C)cn1.[C-]#[N+]c1ccc(C)cc1. The molecule has 0 amide bonds. The lowest BCUT2D eigenvalue weighted by Gasteiger charge is -2.15. The number of para-hydroxylation sites is 1. The summed E-state index contributed by atoms with van der Waals surface area (Å²) in [5.74, 6) is -8.78. The lowest BCUT2D eigenvalue weighted by Crippen LogP contribution is -2.08. The number of methoxy groups -OCH3 is 1. The van der Waals surface area contributed by atoms with E-state index in [4.69, 9.17) is 22.9 Å². The first kappa shape index (κ1) is 106. The van der Waals surface area contributed by atoms with Crippen LogP contribution in [0, 0.1) is 142 Å². The van der Waals surface area contributed by atoms with E-state index in [9.17, 15) is 36.5 Å². The Hall–Kier alpha value is -14.2. The quantitative estimate of drug-likeness (QED) is 0.0435. The minimum absolute atomic E-state index is 0.144. The van der Waals surface area contributed by atoms with Crippen molar-refractivity contribution >= 4 is 87.8 Å². The van der Waals surface area contributed by atoms with E-state index in [1.54, 1.807) is 37.7 Å². The molecular weight excluding hydrogens is 1730 g/mol. The van der Waals surface area contributed by atoms with Crippen LogP contribution >= 0.6 is 27.5 Å². The molecule has 16 aromatic carbocycles. The Balaban J connectivity index is 0.000000219. The van der Waals surface area contributed by atoms with Crippen LogP contribution in [0.25, 0.3) is 59.2 Å². The van der Waals surface area contributed by atoms with Crippen LogP contribution in [-0.4, -0.2) is 40.7 Å². The van der Waals surface area contributed by atoms with Crippen molar-refractivity contribution in [3.63, 3.8) is 0 Å². The summed E-state index contributed by atoms with van der Waals surface area (Å²) in [4.78, 5) is 23.4. The van der Waals surface area contributed by atoms with Gasteiger partial charge in [-0.2, -0.15) is 0 Å². The van der Waals surface area contributed by atoms with Gasteiger partial charge < -0.3 is 14.2 Å². The van der Waals surface area contributed by atoms with Gasteiger partial charge in [0.25, 0.3) is 5.69 Å². The van der Waals surface area contributed by atoms with Crippen LogP contribution in [0.2, 0.25) is 5.02 Å². The first-order chi connectivity index (χ1) is 62.6. The Labute approximate surface area is 782 Å². The van der Waals surface area contributed by atoms with E-state index in [1.807, 2.05) is 156 Å². The molecule has 0 bridgehead atoms. The molecule has 0 unspecified atom stereocenters. The number of pyridine rings is 1. The molecule has 0 atom stereocenters. The Morgan fingerprint density at radius 3 is 1.28 bits per heavy atom. The minimum atomic E-state index is -2.13. The second-order valence-electron chi connectivity index (χ2n) is 30.7. The normalized spacial score (nSPS) is 9.77. The molecule has 17 heteroatoms. The van der Waals surface area contributed by atoms with Gasteiger partial charge >= 0.3 is 0 Å². The number of non-ortho nitro benzene ring substituents is 1. The van der Waals surface area contributed by atoms with E-state index in [0.29, 0.717) is 5.69 Å². The summed E-state index contributed by atoms with van der Waals surface area (Å²) in [5.41, 5.74) is 19.7. The predicted molar refractivity (Wildman–Crippen MR) is 542 cm³/mol. The third-order valence-corrected chi connectivity index (χ3v) is 20.2. The average molecular weight is 1840 g/mol. The second-order valence-corrected chi connectivity index (χ2v) is 32.0. The van der Waals surface area contributed by atoms with E-state index < -0.39 is 39.6 Å². The number of fused-ring (bicyclic) bond motifs is 4. The number of nitro benzene ring substituents is 1. The smallest absolute Gasteiger partial charge is 0.269 e. The monoisotopic (exact) mass is 1840 g/mol. The van der Waals surface area contributed by atoms with Crippen molar-refractivity contribution in [2.75, 3.05) is 26.1 Å². The van der Waals surface area contributed by atoms with E-state index in [1.165, 1.54) is 129 Å². The van der Waals surface area contributed by atoms with Crippen LogP contribution in [0.1, 0.15) is 72.5 Å². The fourth-order valence-corrected chi connectivity index (χ4v) is 12.4. The summed E-state index contributed by atoms with van der Waals surface area (Å²) in [6.45, 7) is 32.0. The molecule has 0 fully saturated rings. The van der Waals surface area contributed by atoms with Crippen LogP contribution < -0.4 is 9.64 Å². The molecule has 9 nitrogen and oxygen atoms in total. The highest BCUT2D eigenvalue weighted by Gasteiger charge is 2.23. The van der Waals surface area contributed by atoms with Gasteiger partial charge in [-0.1, -0.05) is 351 Å². The maximum absolute atomic E-state index is 12.4. The van der Waals surface area contributed by atoms with Gasteiger partial charge in [0.1, 0.15) is 11.6 Å². The number of hydrogen-bond acceptors (Lipinski definition) is 6. The standard InChI is InChI=1S/C13H15N.C13H12.2C11H10.C10H9N.C8H7N.C8H10O.C7H7Br.C7H7Cl.C7H3F5.C7H7F.C7H7NO2.C5H8N2/c1-10-6-4-8-12-11(10)7-5-9-13(12)14(2)3;1-11-7-9-13(10-8-11)12-5-3-2-4-6-12;1-9-5-4-7-10-6-2-3-8-11(9)10;1-9-6-7-10-4-2-3-5-11(10)8-9;1-8-4-2-5-9-6-3-7-11-10(8)9;2*1-7-3-5-8(9-2)6-4-7;2*1-6-2-4-7(8)5-3-6;1-2-3(8)5(10)7(12)6(11)4(2)9;1-6-2-4-7(8)5-3-6;1-6-2-4-7(5-3-6)8(9)10;1-5-3-7(2)4-6-5/h4-9H,1-3H3;2-10H,1H3;2*2-8H,1H3;2-7H,1H3;3-6H,1H3;3-6H,1-2H3;2*2-5H,1H3;1H3;2-5H,1H3;2-5H,1H3;3-4H,1-2H3. The number of rotatable bonds is 4. The summed E-state index contributed by atoms with van der Waals surface area (Å²) < 4.78 is 81.7. The van der Waals surface area contributed by atoms with Gasteiger partial charge in [0.2, 0.25) is 5.82 Å². The predicted octanol–water partition coefficient (Wildman–Crippen LogP) is 33.1. The highest BCUT2D eigenvalue weighted by atomic mass is 79.9. The molecule has 0 radical (unpaired) electrons. The van der Waals surface area contributed by atoms with Crippen LogP contribution in [0.5, 0.6) is 5.75 Å². The van der Waals surface area contributed by atoms with E-state index in [-0.39, 0.29) is 11.5 Å². The Bertz CT molecular complexity index is 6140. The first-order valence-corrected chi connectivity index (χ1v) is 43.1. The van der Waals surface area contributed by atoms with Crippen molar-refractivity contribution in [3.8, 4) is 16.9 Å². The van der Waals surface area contributed by atoms with E-state index in [2.05, 4.69) is 304 Å². The number of hydrogen-bond donors (Lipinski definition) is 0. The Kier molecular flexibility index (Phi) is 45.2. The zero-order valence-electron chi connectivity index (χ0n) is 77.2. The van der Waals surface area contributed by atoms with Gasteiger partial charge in [-0.25, -0.2) is 36.2 Å². The van der Waals surface area contributed by atoms with Gasteiger partial charge in [0.15, 0.2) is 29.0 Å². The van der Waals surface area contributed by atoms with Gasteiger partial charge in [-0.15, -0.1) is 0 Å². The van der Waals surface area contributed by atoms with Crippen LogP contribution in [-0.2, 0) is 7.05 Å². The van der Waals surface area contributed by atoms with Crippen molar-refractivity contribution in [2.45, 2.75) is 90.0 Å². The maximum Gasteiger partial charge on any atom is 0.269 e. The van der Waals surface area contributed by atoms with Crippen molar-refractivity contribution < 1.29 is 36.0 Å². The topological polar surface area (TPSA) is 90.7 Å². The summed E-state index contributed by atoms with van der Waals surface area (Å²) in [5, 5.41) is 20.1. The Morgan fingerprint density at radius 1 is 0.405 bits per heavy atom. The van der Waals surface area contributed by atoms with Gasteiger partial charge in [0, 0.05) is 77.2 Å². The van der Waals surface area contributed by atoms with E-state index >= 15 is 0 Å². The molecule has 0 saturated heterocycles. The minimum Gasteiger partial charge on any atom is -0.497 e. The molecule has 0 aliphatic rings. The molecule has 0 aliphatic carbocycles. The van der Waals surface area contributed by atoms with E-state index in [0.717, 1.165) is 44.5 Å². The van der Waals surface area contributed by atoms with Crippen molar-refractivity contribution in [3.05, 3.63) is 509 Å². The molecule has 0 N–H and O–H groups in total. The third kappa shape index (κ3) is 37.9. The molecule has 2 heterocycles. The molecule has 18 rings (SSSR count). The number of anilines is 1. The van der Waals surface area contributed by atoms with Gasteiger partial charge in [0.05, 0.1) is 36.1 Å². The summed E-state index contributed by atoms with van der Waals surface area (Å²) in [7, 11) is 7.79. The number of imidazole rings is 1. The highest BCUT2D eigenvalue weighted by Crippen LogP contribution is 2.29. The zero-order valence-corrected chi connectivity index (χ0v) is 79.5. The average Bonchev–Trinajstić information content (AvgIpc) is 1.27. The number of nitro groups is 1. The summed E-state index contributed by atoms with van der Waals surface area (Å²) in [6, 6.07) is 116. The van der Waals surface area contributed by atoms with Gasteiger partial charge in [-0.3, -0.25) is 15.1 Å². The van der Waals surface area contributed by atoms with Crippen LogP contribution in [0.15, 0.2) is 375 Å². The number of nitrogens with zero attached hydrogens (tertiary/aromatic N) is 6. The first-order valence-electron chi connectivity index (χ1n) is 42.0. The molecule has 0 saturated carbocycles. The molecular formula is C114H112BrClF6N6O3. The van der Waals surface area contributed by atoms with Crippen molar-refractivity contribution in [2.24, 2.45) is 7.05 Å². The molecule has 0 aliphatic heterocycles. The lowest BCUT2D eigenvalue weighted by molar-refractivity contribution is -0.384. The summed E-state index contributed by atoms with van der Waals surface area (Å²) >= 11 is 8.96. The molecule has 0 spiro atoms. The maximum atomic E-state index is 12.4. The number of ether oxygens (including phenoxy) is 1. The van der Waals surface area contributed by atoms with Crippen molar-refractivity contribution in [1.29, 1.82) is 0 Å². The molecule has 131 heavy (non-hydrogen) atoms. The number of aromatic nitrogens is 3. The number of benzene rings is 16. The largest absolute Gasteiger partial charge is 0.497 e. The molecule has 2 aromatic heterocycles. The zero-order chi connectivity index (χ0) is 95.9. The fraction of sp³-hybridized carbons (Fsp3) is 0.149. The molecule has 18 aromatic rings. The molecule has 672 valence electrons. The fourth-order valence-electron chi connectivity index (χ4n) is 12.0. The van der Waals surface area contributed by atoms with Crippen LogP contribution in [0.3, 0.4) is 0 Å². The second kappa shape index (κ2) is 56.2. The van der Waals surface area contributed by atoms with Crippen LogP contribution in [0.4, 0.5) is 43.4 Å². The summed E-state index contributed by atoms with van der Waals surface area (Å²) in [6.07, 6.45) is 5.59. The highest BCUT2D eigenvalue weighted by molar-refractivity contribution is 9.10. The van der Waals surface area contributed by atoms with Gasteiger partial charge in [-0.05, 0) is 205 Å². The van der Waals surface area contributed by atoms with Crippen molar-refractivity contribution in [1.82, 2.24) is 14.5 Å². The number of aryl methyl sites for hydroxylation is 13.